The van der Waals surface area contributed by atoms with Crippen molar-refractivity contribution >= 4 is 23.2 Å². The fraction of sp³-hybridized carbons (Fsp3) is 0.556. The lowest BCUT2D eigenvalue weighted by Crippen LogP contribution is -2.53. The van der Waals surface area contributed by atoms with Crippen molar-refractivity contribution in [3.05, 3.63) is 34.5 Å². The third-order valence-corrected chi connectivity index (χ3v) is 5.68. The molecule has 8 heteroatoms. The second kappa shape index (κ2) is 7.99. The third-order valence-electron chi connectivity index (χ3n) is 4.81. The summed E-state index contributed by atoms with van der Waals surface area (Å²) >= 11 is 1.38. The Labute approximate surface area is 157 Å². The zero-order valence-corrected chi connectivity index (χ0v) is 16.2. The summed E-state index contributed by atoms with van der Waals surface area (Å²) in [4.78, 5) is 28.0. The minimum atomic E-state index is -0.525. The van der Waals surface area contributed by atoms with E-state index in [4.69, 9.17) is 0 Å². The van der Waals surface area contributed by atoms with Crippen molar-refractivity contribution in [2.45, 2.75) is 38.6 Å². The molecule has 0 aliphatic carbocycles. The topological polar surface area (TPSA) is 80.1 Å². The number of carbonyl (C=O) groups excluding carboxylic acids is 2. The van der Waals surface area contributed by atoms with Gasteiger partial charge in [-0.25, -0.2) is 0 Å². The van der Waals surface area contributed by atoms with Crippen molar-refractivity contribution < 1.29 is 9.59 Å². The molecule has 2 atom stereocenters. The maximum Gasteiger partial charge on any atom is 0.262 e. The summed E-state index contributed by atoms with van der Waals surface area (Å²) in [5.41, 5.74) is 0. The molecule has 0 aromatic carbocycles. The summed E-state index contributed by atoms with van der Waals surface area (Å²) in [6.07, 6.45) is 3.60. The maximum absolute atomic E-state index is 13.1. The third kappa shape index (κ3) is 3.95. The zero-order chi connectivity index (χ0) is 18.7. The van der Waals surface area contributed by atoms with E-state index in [9.17, 15) is 9.59 Å². The number of piperidine rings is 1. The predicted molar refractivity (Wildman–Crippen MR) is 100.0 cm³/mol. The highest BCUT2D eigenvalue weighted by Crippen LogP contribution is 2.26. The number of aryl methyl sites for hydroxylation is 1. The monoisotopic (exact) mass is 375 g/mol. The van der Waals surface area contributed by atoms with Crippen LogP contribution in [-0.2, 0) is 11.8 Å². The minimum absolute atomic E-state index is 0.0154. The van der Waals surface area contributed by atoms with E-state index in [0.29, 0.717) is 18.0 Å². The molecular formula is C18H25N5O2S. The SMILES string of the molecule is CC(C)[C@H](NC(=O)c1cccs1)C(=O)N1CCC[C@@H](c2nncn2C)C1. The smallest absolute Gasteiger partial charge is 0.262 e. The maximum atomic E-state index is 13.1. The molecule has 0 unspecified atom stereocenters. The summed E-state index contributed by atoms with van der Waals surface area (Å²) in [6, 6.07) is 3.08. The van der Waals surface area contributed by atoms with Crippen LogP contribution in [0.1, 0.15) is 48.1 Å². The first-order valence-electron chi connectivity index (χ1n) is 8.94. The number of thiophene rings is 1. The molecule has 3 heterocycles. The minimum Gasteiger partial charge on any atom is -0.340 e. The highest BCUT2D eigenvalue weighted by molar-refractivity contribution is 7.12. The van der Waals surface area contributed by atoms with Gasteiger partial charge in [-0.1, -0.05) is 19.9 Å². The van der Waals surface area contributed by atoms with Crippen LogP contribution in [-0.4, -0.2) is 50.6 Å². The van der Waals surface area contributed by atoms with E-state index < -0.39 is 6.04 Å². The standard InChI is InChI=1S/C18H25N5O2S/c1-12(2)15(20-17(24)14-7-5-9-26-14)18(25)23-8-4-6-13(10-23)16-21-19-11-22(16)3/h5,7,9,11-13,15H,4,6,8,10H2,1-3H3,(H,20,24)/t13-,15+/m1/s1. The van der Waals surface area contributed by atoms with Gasteiger partial charge in [-0.2, -0.15) is 0 Å². The molecule has 26 heavy (non-hydrogen) atoms. The second-order valence-electron chi connectivity index (χ2n) is 7.10. The molecule has 140 valence electrons. The largest absolute Gasteiger partial charge is 0.340 e. The van der Waals surface area contributed by atoms with Crippen LogP contribution in [0.15, 0.2) is 23.8 Å². The Balaban J connectivity index is 1.70. The molecule has 1 aliphatic heterocycles. The molecule has 3 rings (SSSR count). The molecule has 7 nitrogen and oxygen atoms in total. The first-order chi connectivity index (χ1) is 12.5. The molecule has 0 spiro atoms. The Morgan fingerprint density at radius 1 is 1.38 bits per heavy atom. The van der Waals surface area contributed by atoms with Crippen molar-refractivity contribution in [3.8, 4) is 0 Å². The quantitative estimate of drug-likeness (QED) is 0.867. The lowest BCUT2D eigenvalue weighted by molar-refractivity contribution is -0.135. The number of carbonyl (C=O) groups is 2. The number of amides is 2. The second-order valence-corrected chi connectivity index (χ2v) is 8.04. The molecule has 0 saturated carbocycles. The average Bonchev–Trinajstić information content (AvgIpc) is 3.30. The van der Waals surface area contributed by atoms with E-state index in [1.54, 1.807) is 12.4 Å². The number of likely N-dealkylation sites (tertiary alicyclic amines) is 1. The molecule has 1 fully saturated rings. The van der Waals surface area contributed by atoms with E-state index in [0.717, 1.165) is 18.7 Å². The van der Waals surface area contributed by atoms with Crippen LogP contribution in [0.25, 0.3) is 0 Å². The number of nitrogens with zero attached hydrogens (tertiary/aromatic N) is 4. The van der Waals surface area contributed by atoms with Gasteiger partial charge < -0.3 is 14.8 Å². The molecule has 2 amide bonds. The fourth-order valence-corrected chi connectivity index (χ4v) is 4.01. The van der Waals surface area contributed by atoms with Crippen molar-refractivity contribution in [2.75, 3.05) is 13.1 Å². The van der Waals surface area contributed by atoms with Crippen LogP contribution in [0.5, 0.6) is 0 Å². The van der Waals surface area contributed by atoms with E-state index in [-0.39, 0.29) is 23.7 Å². The van der Waals surface area contributed by atoms with Gasteiger partial charge in [0.2, 0.25) is 5.91 Å². The van der Waals surface area contributed by atoms with Gasteiger partial charge in [0.05, 0.1) is 4.88 Å². The Kier molecular flexibility index (Phi) is 5.70. The van der Waals surface area contributed by atoms with Gasteiger partial charge in [-0.15, -0.1) is 21.5 Å². The lowest BCUT2D eigenvalue weighted by Gasteiger charge is -2.35. The Hall–Kier alpha value is -2.22. The fourth-order valence-electron chi connectivity index (χ4n) is 3.38. The van der Waals surface area contributed by atoms with Crippen molar-refractivity contribution in [1.29, 1.82) is 0 Å². The van der Waals surface area contributed by atoms with Gasteiger partial charge in [0.15, 0.2) is 0 Å². The normalized spacial score (nSPS) is 18.8. The van der Waals surface area contributed by atoms with Crippen LogP contribution in [0.2, 0.25) is 0 Å². The van der Waals surface area contributed by atoms with Gasteiger partial charge in [-0.3, -0.25) is 9.59 Å². The predicted octanol–water partition coefficient (Wildman–Crippen LogP) is 2.04. The van der Waals surface area contributed by atoms with E-state index in [1.807, 2.05) is 41.8 Å². The van der Waals surface area contributed by atoms with Crippen LogP contribution in [0.3, 0.4) is 0 Å². The van der Waals surface area contributed by atoms with Gasteiger partial charge >= 0.3 is 0 Å². The van der Waals surface area contributed by atoms with Crippen LogP contribution < -0.4 is 5.32 Å². The summed E-state index contributed by atoms with van der Waals surface area (Å²) in [6.45, 7) is 5.25. The Morgan fingerprint density at radius 2 is 2.19 bits per heavy atom. The highest BCUT2D eigenvalue weighted by Gasteiger charge is 2.33. The molecular weight excluding hydrogens is 350 g/mol. The van der Waals surface area contributed by atoms with Gasteiger partial charge in [-0.05, 0) is 30.2 Å². The number of aromatic nitrogens is 3. The molecule has 0 radical (unpaired) electrons. The molecule has 1 N–H and O–H groups in total. The van der Waals surface area contributed by atoms with Crippen LogP contribution in [0, 0.1) is 5.92 Å². The van der Waals surface area contributed by atoms with E-state index in [1.165, 1.54) is 11.3 Å². The lowest BCUT2D eigenvalue weighted by atomic mass is 9.95. The molecule has 1 saturated heterocycles. The first kappa shape index (κ1) is 18.6. The van der Waals surface area contributed by atoms with Gasteiger partial charge in [0, 0.05) is 26.1 Å². The van der Waals surface area contributed by atoms with Crippen molar-refractivity contribution in [1.82, 2.24) is 25.0 Å². The number of nitrogens with one attached hydrogen (secondary N) is 1. The molecule has 2 aromatic heterocycles. The first-order valence-corrected chi connectivity index (χ1v) is 9.82. The van der Waals surface area contributed by atoms with Crippen LogP contribution in [0.4, 0.5) is 0 Å². The van der Waals surface area contributed by atoms with E-state index in [2.05, 4.69) is 15.5 Å². The van der Waals surface area contributed by atoms with Gasteiger partial charge in [0.25, 0.3) is 5.91 Å². The number of hydrogen-bond donors (Lipinski definition) is 1. The molecule has 0 bridgehead atoms. The number of rotatable bonds is 5. The Bertz CT molecular complexity index is 755. The van der Waals surface area contributed by atoms with Crippen molar-refractivity contribution in [3.63, 3.8) is 0 Å². The summed E-state index contributed by atoms with van der Waals surface area (Å²) in [7, 11) is 1.92. The van der Waals surface area contributed by atoms with Crippen molar-refractivity contribution in [2.24, 2.45) is 13.0 Å². The Morgan fingerprint density at radius 3 is 2.81 bits per heavy atom. The summed E-state index contributed by atoms with van der Waals surface area (Å²) < 4.78 is 1.91. The highest BCUT2D eigenvalue weighted by atomic mass is 32.1. The molecule has 1 aliphatic rings. The summed E-state index contributed by atoms with van der Waals surface area (Å²) in [5, 5.41) is 12.9. The van der Waals surface area contributed by atoms with Gasteiger partial charge in [0.1, 0.15) is 18.2 Å². The number of hydrogen-bond acceptors (Lipinski definition) is 5. The zero-order valence-electron chi connectivity index (χ0n) is 15.4. The van der Waals surface area contributed by atoms with Crippen LogP contribution >= 0.6 is 11.3 Å². The molecule has 2 aromatic rings. The average molecular weight is 375 g/mol. The van der Waals surface area contributed by atoms with E-state index >= 15 is 0 Å². The summed E-state index contributed by atoms with van der Waals surface area (Å²) in [5.74, 6) is 0.902.